The van der Waals surface area contributed by atoms with Crippen LogP contribution in [0.4, 0.5) is 0 Å². The Balaban J connectivity index is 2.45. The van der Waals surface area contributed by atoms with E-state index in [0.717, 1.165) is 0 Å². The van der Waals surface area contributed by atoms with Gasteiger partial charge < -0.3 is 21.5 Å². The molecule has 0 aromatic carbocycles. The average molecular weight is 229 g/mol. The highest BCUT2D eigenvalue weighted by molar-refractivity contribution is 5.83. The standard InChI is InChI=1S/C10H19N3O3/c11-7-10(2-5-16-6-3-10)9(15)13-4-1-8(12)14/h1-7,11H2,(H2,12,14)(H,13,15). The molecule has 6 heteroatoms. The number of rotatable bonds is 5. The number of hydrogen-bond acceptors (Lipinski definition) is 4. The number of ether oxygens (including phenoxy) is 1. The van der Waals surface area contributed by atoms with Gasteiger partial charge in [-0.05, 0) is 12.8 Å². The minimum absolute atomic E-state index is 0.0976. The molecule has 6 nitrogen and oxygen atoms in total. The third-order valence-corrected chi connectivity index (χ3v) is 2.98. The maximum Gasteiger partial charge on any atom is 0.227 e. The Kier molecular flexibility index (Phi) is 4.70. The Hall–Kier alpha value is -1.14. The zero-order chi connectivity index (χ0) is 12.0. The lowest BCUT2D eigenvalue weighted by Crippen LogP contribution is -2.49. The summed E-state index contributed by atoms with van der Waals surface area (Å²) >= 11 is 0. The summed E-state index contributed by atoms with van der Waals surface area (Å²) < 4.78 is 5.21. The normalized spacial score (nSPS) is 19.1. The van der Waals surface area contributed by atoms with Crippen LogP contribution in [-0.2, 0) is 14.3 Å². The van der Waals surface area contributed by atoms with Gasteiger partial charge in [-0.25, -0.2) is 0 Å². The number of carbonyl (C=O) groups is 2. The number of amides is 2. The average Bonchev–Trinajstić information content (AvgIpc) is 2.29. The lowest BCUT2D eigenvalue weighted by Gasteiger charge is -2.34. The number of primary amides is 1. The zero-order valence-corrected chi connectivity index (χ0v) is 9.33. The van der Waals surface area contributed by atoms with Gasteiger partial charge in [0, 0.05) is 32.7 Å². The van der Waals surface area contributed by atoms with Crippen LogP contribution in [0.1, 0.15) is 19.3 Å². The van der Waals surface area contributed by atoms with Crippen LogP contribution in [0.15, 0.2) is 0 Å². The molecule has 0 radical (unpaired) electrons. The summed E-state index contributed by atoms with van der Waals surface area (Å²) in [6.07, 6.45) is 1.42. The molecule has 1 saturated heterocycles. The van der Waals surface area contributed by atoms with Crippen molar-refractivity contribution in [3.05, 3.63) is 0 Å². The van der Waals surface area contributed by atoms with Crippen LogP contribution in [0.5, 0.6) is 0 Å². The Morgan fingerprint density at radius 3 is 2.44 bits per heavy atom. The van der Waals surface area contributed by atoms with E-state index in [1.54, 1.807) is 0 Å². The first-order valence-electron chi connectivity index (χ1n) is 5.45. The summed E-state index contributed by atoms with van der Waals surface area (Å²) in [7, 11) is 0. The predicted molar refractivity (Wildman–Crippen MR) is 58.4 cm³/mol. The molecule has 16 heavy (non-hydrogen) atoms. The van der Waals surface area contributed by atoms with Gasteiger partial charge in [0.1, 0.15) is 0 Å². The molecule has 0 aromatic rings. The second kappa shape index (κ2) is 5.81. The van der Waals surface area contributed by atoms with E-state index in [0.29, 0.717) is 32.6 Å². The monoisotopic (exact) mass is 229 g/mol. The summed E-state index contributed by atoms with van der Waals surface area (Å²) in [5.74, 6) is -0.520. The SMILES string of the molecule is NCC1(C(=O)NCCC(N)=O)CCOCC1. The van der Waals surface area contributed by atoms with Gasteiger partial charge in [-0.2, -0.15) is 0 Å². The van der Waals surface area contributed by atoms with Gasteiger partial charge >= 0.3 is 0 Å². The molecule has 0 bridgehead atoms. The highest BCUT2D eigenvalue weighted by Gasteiger charge is 2.38. The van der Waals surface area contributed by atoms with E-state index in [1.807, 2.05) is 0 Å². The number of nitrogens with two attached hydrogens (primary N) is 2. The minimum atomic E-state index is -0.532. The molecular formula is C10H19N3O3. The molecule has 0 aromatic heterocycles. The van der Waals surface area contributed by atoms with Gasteiger partial charge in [0.25, 0.3) is 0 Å². The first-order valence-corrected chi connectivity index (χ1v) is 5.45. The largest absolute Gasteiger partial charge is 0.381 e. The van der Waals surface area contributed by atoms with Gasteiger partial charge in [-0.1, -0.05) is 0 Å². The molecule has 1 heterocycles. The first-order chi connectivity index (χ1) is 7.60. The maximum absolute atomic E-state index is 11.9. The molecule has 92 valence electrons. The molecule has 1 fully saturated rings. The topological polar surface area (TPSA) is 107 Å². The summed E-state index contributed by atoms with van der Waals surface area (Å²) in [4.78, 5) is 22.5. The van der Waals surface area contributed by atoms with Crippen molar-refractivity contribution in [1.29, 1.82) is 0 Å². The second-order valence-corrected chi connectivity index (χ2v) is 4.07. The summed E-state index contributed by atoms with van der Waals surface area (Å²) in [5.41, 5.74) is 10.1. The molecule has 5 N–H and O–H groups in total. The number of nitrogens with one attached hydrogen (secondary N) is 1. The molecule has 0 unspecified atom stereocenters. The fraction of sp³-hybridized carbons (Fsp3) is 0.800. The van der Waals surface area contributed by atoms with Gasteiger partial charge in [0.2, 0.25) is 11.8 Å². The van der Waals surface area contributed by atoms with Crippen molar-refractivity contribution in [1.82, 2.24) is 5.32 Å². The van der Waals surface area contributed by atoms with E-state index >= 15 is 0 Å². The van der Waals surface area contributed by atoms with Crippen LogP contribution in [0, 0.1) is 5.41 Å². The fourth-order valence-corrected chi connectivity index (χ4v) is 1.77. The van der Waals surface area contributed by atoms with Crippen LogP contribution in [0.2, 0.25) is 0 Å². The van der Waals surface area contributed by atoms with Crippen LogP contribution in [0.3, 0.4) is 0 Å². The lowest BCUT2D eigenvalue weighted by atomic mass is 9.79. The molecule has 2 amide bonds. The van der Waals surface area contributed by atoms with E-state index in [4.69, 9.17) is 16.2 Å². The van der Waals surface area contributed by atoms with Crippen LogP contribution >= 0.6 is 0 Å². The zero-order valence-electron chi connectivity index (χ0n) is 9.33. The molecule has 0 saturated carbocycles. The van der Waals surface area contributed by atoms with E-state index in [1.165, 1.54) is 0 Å². The molecule has 1 aliphatic heterocycles. The molecule has 0 aliphatic carbocycles. The lowest BCUT2D eigenvalue weighted by molar-refractivity contribution is -0.135. The van der Waals surface area contributed by atoms with Gasteiger partial charge in [0.15, 0.2) is 0 Å². The minimum Gasteiger partial charge on any atom is -0.381 e. The summed E-state index contributed by atoms with van der Waals surface area (Å²) in [6, 6.07) is 0. The molecule has 1 aliphatic rings. The highest BCUT2D eigenvalue weighted by atomic mass is 16.5. The predicted octanol–water partition coefficient (Wildman–Crippen LogP) is -1.27. The van der Waals surface area contributed by atoms with E-state index in [2.05, 4.69) is 5.32 Å². The van der Waals surface area contributed by atoms with Gasteiger partial charge in [-0.15, -0.1) is 0 Å². The smallest absolute Gasteiger partial charge is 0.227 e. The Bertz CT molecular complexity index is 262. The highest BCUT2D eigenvalue weighted by Crippen LogP contribution is 2.29. The first kappa shape index (κ1) is 12.9. The molecule has 0 atom stereocenters. The third-order valence-electron chi connectivity index (χ3n) is 2.98. The van der Waals surface area contributed by atoms with Crippen molar-refractivity contribution >= 4 is 11.8 Å². The Morgan fingerprint density at radius 2 is 1.94 bits per heavy atom. The van der Waals surface area contributed by atoms with Gasteiger partial charge in [0.05, 0.1) is 5.41 Å². The van der Waals surface area contributed by atoms with Crippen LogP contribution < -0.4 is 16.8 Å². The Morgan fingerprint density at radius 1 is 1.31 bits per heavy atom. The van der Waals surface area contributed by atoms with Crippen molar-refractivity contribution in [2.75, 3.05) is 26.3 Å². The molecular weight excluding hydrogens is 210 g/mol. The van der Waals surface area contributed by atoms with E-state index < -0.39 is 11.3 Å². The third kappa shape index (κ3) is 3.18. The van der Waals surface area contributed by atoms with Crippen LogP contribution in [0.25, 0.3) is 0 Å². The van der Waals surface area contributed by atoms with Crippen molar-refractivity contribution in [3.8, 4) is 0 Å². The molecule has 1 rings (SSSR count). The second-order valence-electron chi connectivity index (χ2n) is 4.07. The van der Waals surface area contributed by atoms with Gasteiger partial charge in [-0.3, -0.25) is 9.59 Å². The quantitative estimate of drug-likeness (QED) is 0.546. The maximum atomic E-state index is 11.9. The van der Waals surface area contributed by atoms with E-state index in [-0.39, 0.29) is 18.9 Å². The van der Waals surface area contributed by atoms with Crippen molar-refractivity contribution in [3.63, 3.8) is 0 Å². The number of carbonyl (C=O) groups excluding carboxylic acids is 2. The number of hydrogen-bond donors (Lipinski definition) is 3. The van der Waals surface area contributed by atoms with Crippen molar-refractivity contribution in [2.45, 2.75) is 19.3 Å². The molecule has 0 spiro atoms. The summed E-state index contributed by atoms with van der Waals surface area (Å²) in [6.45, 7) is 1.69. The van der Waals surface area contributed by atoms with E-state index in [9.17, 15) is 9.59 Å². The van der Waals surface area contributed by atoms with Crippen molar-refractivity contribution in [2.24, 2.45) is 16.9 Å². The van der Waals surface area contributed by atoms with Crippen molar-refractivity contribution < 1.29 is 14.3 Å². The Labute approximate surface area is 94.7 Å². The van der Waals surface area contributed by atoms with Crippen LogP contribution in [-0.4, -0.2) is 38.1 Å². The summed E-state index contributed by atoms with van der Waals surface area (Å²) in [5, 5.41) is 2.70. The fourth-order valence-electron chi connectivity index (χ4n) is 1.77.